The first-order valence-corrected chi connectivity index (χ1v) is 14.5. The summed E-state index contributed by atoms with van der Waals surface area (Å²) in [5, 5.41) is 16.1. The Labute approximate surface area is 194 Å². The van der Waals surface area contributed by atoms with Crippen molar-refractivity contribution >= 4 is 21.6 Å². The summed E-state index contributed by atoms with van der Waals surface area (Å²) in [5.74, 6) is 2.74. The van der Waals surface area contributed by atoms with Gasteiger partial charge in [0.25, 0.3) is 0 Å². The highest BCUT2D eigenvalue weighted by atomic mass is 32.2. The first-order chi connectivity index (χ1) is 15.5. The fourth-order valence-electron chi connectivity index (χ4n) is 4.89. The van der Waals surface area contributed by atoms with Gasteiger partial charge in [-0.05, 0) is 47.4 Å². The Balaban J connectivity index is 1.48. The molecule has 1 aromatic carbocycles. The molecule has 10 heteroatoms. The van der Waals surface area contributed by atoms with Gasteiger partial charge < -0.3 is 4.74 Å². The third kappa shape index (κ3) is 5.70. The zero-order valence-corrected chi connectivity index (χ0v) is 20.3. The van der Waals surface area contributed by atoms with Crippen LogP contribution in [0.2, 0.25) is 0 Å². The fraction of sp³-hybridized carbons (Fsp3) is 0.682. The van der Waals surface area contributed by atoms with E-state index in [1.807, 2.05) is 46.8 Å². The summed E-state index contributed by atoms with van der Waals surface area (Å²) in [7, 11) is -3.12. The first-order valence-electron chi connectivity index (χ1n) is 11.4. The van der Waals surface area contributed by atoms with E-state index in [9.17, 15) is 8.42 Å². The van der Waals surface area contributed by atoms with Crippen molar-refractivity contribution in [3.8, 4) is 0 Å². The second-order valence-electron chi connectivity index (χ2n) is 8.91. The van der Waals surface area contributed by atoms with E-state index in [1.54, 1.807) is 0 Å². The minimum absolute atomic E-state index is 0.0723. The second-order valence-corrected chi connectivity index (χ2v) is 12.3. The molecule has 1 aliphatic heterocycles. The number of benzene rings is 1. The van der Waals surface area contributed by atoms with Crippen molar-refractivity contribution in [1.29, 1.82) is 0 Å². The van der Waals surface area contributed by atoms with E-state index < -0.39 is 15.4 Å². The van der Waals surface area contributed by atoms with Crippen LogP contribution in [0.25, 0.3) is 0 Å². The number of rotatable bonds is 9. The van der Waals surface area contributed by atoms with Crippen LogP contribution in [0, 0.1) is 0 Å². The molecule has 1 saturated heterocycles. The topological polar surface area (TPSA) is 99.0 Å². The number of nitrogens with one attached hydrogen (secondary N) is 1. The monoisotopic (exact) mass is 479 g/mol. The van der Waals surface area contributed by atoms with Crippen molar-refractivity contribution in [3.63, 3.8) is 0 Å². The van der Waals surface area contributed by atoms with Gasteiger partial charge in [0, 0.05) is 18.1 Å². The Kier molecular flexibility index (Phi) is 7.86. The molecule has 1 N–H and O–H groups in total. The van der Waals surface area contributed by atoms with Gasteiger partial charge in [-0.15, -0.1) is 5.10 Å². The molecule has 2 aromatic rings. The quantitative estimate of drug-likeness (QED) is 0.548. The van der Waals surface area contributed by atoms with Crippen LogP contribution in [0.3, 0.4) is 0 Å². The summed E-state index contributed by atoms with van der Waals surface area (Å²) in [6, 6.07) is 10.0. The molecule has 3 atom stereocenters. The summed E-state index contributed by atoms with van der Waals surface area (Å²) in [4.78, 5) is 0. The van der Waals surface area contributed by atoms with Gasteiger partial charge in [0.2, 0.25) is 0 Å². The molecule has 176 valence electrons. The van der Waals surface area contributed by atoms with Crippen LogP contribution in [0.15, 0.2) is 30.3 Å². The van der Waals surface area contributed by atoms with Crippen molar-refractivity contribution in [3.05, 3.63) is 41.7 Å². The third-order valence-electron chi connectivity index (χ3n) is 6.47. The summed E-state index contributed by atoms with van der Waals surface area (Å²) in [6.45, 7) is 1.62. The lowest BCUT2D eigenvalue weighted by molar-refractivity contribution is 0.107. The van der Waals surface area contributed by atoms with E-state index in [2.05, 4.69) is 20.8 Å². The van der Waals surface area contributed by atoms with Crippen LogP contribution in [0.5, 0.6) is 0 Å². The van der Waals surface area contributed by atoms with E-state index in [-0.39, 0.29) is 11.3 Å². The maximum atomic E-state index is 12.5. The van der Waals surface area contributed by atoms with Gasteiger partial charge in [-0.25, -0.2) is 13.1 Å². The van der Waals surface area contributed by atoms with E-state index in [4.69, 9.17) is 4.74 Å². The number of thioether (sulfide) groups is 1. The summed E-state index contributed by atoms with van der Waals surface area (Å²) < 4.78 is 32.7. The minimum atomic E-state index is -3.12. The van der Waals surface area contributed by atoms with Crippen LogP contribution in [-0.4, -0.2) is 64.3 Å². The average molecular weight is 480 g/mol. The first kappa shape index (κ1) is 23.7. The normalized spacial score (nSPS) is 26.8. The molecule has 2 heterocycles. The Morgan fingerprint density at radius 3 is 2.78 bits per heavy atom. The molecule has 1 saturated carbocycles. The average Bonchev–Trinajstić information content (AvgIpc) is 3.27. The number of hydrogen-bond donors (Lipinski definition) is 1. The lowest BCUT2D eigenvalue weighted by atomic mass is 9.88. The zero-order chi connectivity index (χ0) is 22.4. The van der Waals surface area contributed by atoms with Crippen molar-refractivity contribution in [2.75, 3.05) is 24.4 Å². The number of nitrogens with zero attached hydrogens (tertiary/aromatic N) is 4. The Hall–Kier alpha value is -1.49. The Bertz CT molecular complexity index is 961. The molecule has 2 fully saturated rings. The van der Waals surface area contributed by atoms with E-state index >= 15 is 0 Å². The number of sulfone groups is 1. The lowest BCUT2D eigenvalue weighted by Gasteiger charge is -2.42. The molecule has 32 heavy (non-hydrogen) atoms. The molecule has 2 aliphatic rings. The van der Waals surface area contributed by atoms with Crippen molar-refractivity contribution in [1.82, 2.24) is 25.5 Å². The molecular formula is C22H33N5O3S2. The van der Waals surface area contributed by atoms with Gasteiger partial charge in [-0.1, -0.05) is 43.2 Å². The summed E-state index contributed by atoms with van der Waals surface area (Å²) in [6.07, 6.45) is 6.92. The van der Waals surface area contributed by atoms with Gasteiger partial charge in [-0.3, -0.25) is 5.32 Å². The third-order valence-corrected chi connectivity index (χ3v) is 9.41. The van der Waals surface area contributed by atoms with Crippen molar-refractivity contribution < 1.29 is 13.2 Å². The molecule has 0 radical (unpaired) electrons. The molecule has 0 spiro atoms. The maximum absolute atomic E-state index is 12.5. The van der Waals surface area contributed by atoms with Gasteiger partial charge in [-0.2, -0.15) is 11.8 Å². The van der Waals surface area contributed by atoms with Crippen LogP contribution in [0.4, 0.5) is 0 Å². The molecule has 0 amide bonds. The van der Waals surface area contributed by atoms with E-state index in [1.165, 1.54) is 6.26 Å². The lowest BCUT2D eigenvalue weighted by Crippen LogP contribution is -2.58. The van der Waals surface area contributed by atoms with Crippen LogP contribution in [-0.2, 0) is 33.3 Å². The highest BCUT2D eigenvalue weighted by molar-refractivity contribution is 7.99. The number of aromatic nitrogens is 4. The molecule has 1 unspecified atom stereocenters. The fourth-order valence-corrected chi connectivity index (χ4v) is 7.49. The number of tetrazole rings is 1. The van der Waals surface area contributed by atoms with Gasteiger partial charge in [0.1, 0.15) is 0 Å². The van der Waals surface area contributed by atoms with Crippen LogP contribution in [0.1, 0.15) is 49.9 Å². The molecule has 1 aromatic heterocycles. The summed E-state index contributed by atoms with van der Waals surface area (Å²) >= 11 is 1.88. The molecule has 8 nitrogen and oxygen atoms in total. The molecule has 1 aliphatic carbocycles. The number of ether oxygens (including phenoxy) is 1. The van der Waals surface area contributed by atoms with Crippen molar-refractivity contribution in [2.24, 2.45) is 0 Å². The van der Waals surface area contributed by atoms with E-state index in [0.29, 0.717) is 19.8 Å². The molecule has 4 rings (SSSR count). The Morgan fingerprint density at radius 1 is 1.22 bits per heavy atom. The highest BCUT2D eigenvalue weighted by Crippen LogP contribution is 2.37. The number of hydrogen-bond acceptors (Lipinski definition) is 8. The zero-order valence-electron chi connectivity index (χ0n) is 18.6. The SMILES string of the molecule is CS(=O)(=O)[C@@H]1CCCC[C@H]1NC1(c2nnnn2CCOCc2ccccc2)CCCSC1. The Morgan fingerprint density at radius 2 is 2.03 bits per heavy atom. The maximum Gasteiger partial charge on any atom is 0.172 e. The van der Waals surface area contributed by atoms with Crippen LogP contribution < -0.4 is 5.32 Å². The standard InChI is InChI=1S/C22H33N5O3S2/c1-32(28,29)20-11-6-5-10-19(20)23-22(12-7-15-31-17-22)21-24-25-26-27(21)13-14-30-16-18-8-3-2-4-9-18/h2-4,8-9,19-20,23H,5-7,10-17H2,1H3/t19-,20-,22?/m1/s1. The predicted octanol–water partition coefficient (Wildman–Crippen LogP) is 2.56. The molecule has 0 bridgehead atoms. The van der Waals surface area contributed by atoms with Gasteiger partial charge >= 0.3 is 0 Å². The minimum Gasteiger partial charge on any atom is -0.375 e. The largest absolute Gasteiger partial charge is 0.375 e. The van der Waals surface area contributed by atoms with Gasteiger partial charge in [0.15, 0.2) is 15.7 Å². The summed E-state index contributed by atoms with van der Waals surface area (Å²) in [5.41, 5.74) is 0.715. The predicted molar refractivity (Wildman–Crippen MR) is 126 cm³/mol. The van der Waals surface area contributed by atoms with Crippen molar-refractivity contribution in [2.45, 2.75) is 68.5 Å². The highest BCUT2D eigenvalue weighted by Gasteiger charge is 2.44. The van der Waals surface area contributed by atoms with Crippen LogP contribution >= 0.6 is 11.8 Å². The van der Waals surface area contributed by atoms with Gasteiger partial charge in [0.05, 0.1) is 30.5 Å². The molecular weight excluding hydrogens is 446 g/mol. The van der Waals surface area contributed by atoms with E-state index in [0.717, 1.165) is 61.4 Å². The smallest absolute Gasteiger partial charge is 0.172 e. The second kappa shape index (κ2) is 10.6.